The van der Waals surface area contributed by atoms with Crippen molar-refractivity contribution in [3.8, 4) is 17.3 Å². The summed E-state index contributed by atoms with van der Waals surface area (Å²) < 4.78 is 4.59. The van der Waals surface area contributed by atoms with E-state index in [4.69, 9.17) is 5.26 Å². The van der Waals surface area contributed by atoms with E-state index in [0.29, 0.717) is 22.3 Å². The third-order valence-electron chi connectivity index (χ3n) is 3.88. The average Bonchev–Trinajstić information content (AvgIpc) is 2.74. The molecular formula is C20H16N6O4. The fraction of sp³-hybridized carbons (Fsp3) is 0.100. The number of hydrogen-bond donors (Lipinski definition) is 3. The van der Waals surface area contributed by atoms with Crippen LogP contribution in [0.1, 0.15) is 6.92 Å². The van der Waals surface area contributed by atoms with Crippen LogP contribution >= 0.6 is 0 Å². The van der Waals surface area contributed by atoms with E-state index >= 15 is 0 Å². The van der Waals surface area contributed by atoms with Crippen molar-refractivity contribution in [2.75, 3.05) is 12.0 Å². The summed E-state index contributed by atoms with van der Waals surface area (Å²) in [6.07, 6.45) is -0.988. The topological polar surface area (TPSA) is 149 Å². The van der Waals surface area contributed by atoms with Crippen molar-refractivity contribution < 1.29 is 14.3 Å². The number of benzene rings is 2. The number of alkyl carbamates (subject to hydrolysis) is 1. The van der Waals surface area contributed by atoms with Crippen molar-refractivity contribution in [3.05, 3.63) is 58.9 Å². The number of aromatic amines is 1. The molecule has 0 unspecified atom stereocenters. The highest BCUT2D eigenvalue weighted by Gasteiger charge is 2.16. The number of hydrazone groups is 1. The van der Waals surface area contributed by atoms with Crippen molar-refractivity contribution >= 4 is 34.4 Å². The van der Waals surface area contributed by atoms with Gasteiger partial charge in [-0.2, -0.15) is 10.4 Å². The molecule has 0 saturated carbocycles. The molecule has 1 aromatic heterocycles. The van der Waals surface area contributed by atoms with Gasteiger partial charge in [0.25, 0.3) is 11.5 Å². The summed E-state index contributed by atoms with van der Waals surface area (Å²) in [7, 11) is 0. The van der Waals surface area contributed by atoms with Gasteiger partial charge >= 0.3 is 6.09 Å². The summed E-state index contributed by atoms with van der Waals surface area (Å²) in [4.78, 5) is 43.0. The molecule has 1 heterocycles. The zero-order valence-electron chi connectivity index (χ0n) is 15.8. The molecule has 10 heteroatoms. The number of hydrogen-bond acceptors (Lipinski definition) is 8. The second-order valence-electron chi connectivity index (χ2n) is 5.84. The number of nitrogens with one attached hydrogen (secondary N) is 3. The van der Waals surface area contributed by atoms with Crippen molar-refractivity contribution in [3.63, 3.8) is 0 Å². The van der Waals surface area contributed by atoms with Crippen LogP contribution in [0.5, 0.6) is 0 Å². The first kappa shape index (κ1) is 20.2. The zero-order valence-corrected chi connectivity index (χ0v) is 15.8. The number of carbonyl (C=O) groups excluding carboxylic acids is 2. The molecule has 0 aliphatic rings. The summed E-state index contributed by atoms with van der Waals surface area (Å²) in [5.41, 5.74) is 3.65. The number of fused-ring (bicyclic) bond motifs is 1. The molecule has 0 aliphatic carbocycles. The van der Waals surface area contributed by atoms with Gasteiger partial charge in [-0.05, 0) is 25.1 Å². The van der Waals surface area contributed by atoms with E-state index in [1.807, 2.05) is 5.32 Å². The summed E-state index contributed by atoms with van der Waals surface area (Å²) in [5.74, 6) is -1.03. The maximum atomic E-state index is 12.5. The molecule has 0 aliphatic heterocycles. The number of carbonyl (C=O) groups is 2. The second kappa shape index (κ2) is 9.11. The number of para-hydroxylation sites is 3. The van der Waals surface area contributed by atoms with Crippen LogP contribution in [0.2, 0.25) is 0 Å². The second-order valence-corrected chi connectivity index (χ2v) is 5.84. The van der Waals surface area contributed by atoms with E-state index in [1.165, 1.54) is 0 Å². The van der Waals surface area contributed by atoms with Gasteiger partial charge in [-0.25, -0.2) is 9.78 Å². The molecule has 2 amide bonds. The molecule has 2 aromatic carbocycles. The van der Waals surface area contributed by atoms with Crippen LogP contribution in [-0.2, 0) is 9.53 Å². The normalized spacial score (nSPS) is 10.9. The molecule has 0 bridgehead atoms. The Bertz CT molecular complexity index is 1240. The fourth-order valence-corrected chi connectivity index (χ4v) is 2.56. The lowest BCUT2D eigenvalue weighted by Gasteiger charge is -2.09. The van der Waals surface area contributed by atoms with Gasteiger partial charge in [-0.1, -0.05) is 30.3 Å². The highest BCUT2D eigenvalue weighted by molar-refractivity contribution is 6.46. The number of aromatic nitrogens is 2. The predicted molar refractivity (Wildman–Crippen MR) is 110 cm³/mol. The van der Waals surface area contributed by atoms with E-state index in [0.717, 1.165) is 0 Å². The minimum atomic E-state index is -1.03. The van der Waals surface area contributed by atoms with Crippen molar-refractivity contribution in [1.29, 1.82) is 5.26 Å². The minimum absolute atomic E-state index is 0.0665. The highest BCUT2D eigenvalue weighted by Crippen LogP contribution is 2.25. The lowest BCUT2D eigenvalue weighted by Crippen LogP contribution is -2.36. The van der Waals surface area contributed by atoms with Crippen molar-refractivity contribution in [2.24, 2.45) is 5.10 Å². The Balaban J connectivity index is 1.93. The molecular weight excluding hydrogens is 388 g/mol. The Hall–Kier alpha value is -4.52. The Labute approximate surface area is 170 Å². The first-order valence-corrected chi connectivity index (χ1v) is 8.84. The summed E-state index contributed by atoms with van der Waals surface area (Å²) >= 11 is 0. The molecule has 0 fully saturated rings. The van der Waals surface area contributed by atoms with E-state index in [9.17, 15) is 14.4 Å². The van der Waals surface area contributed by atoms with Gasteiger partial charge in [0.2, 0.25) is 5.71 Å². The first-order valence-electron chi connectivity index (χ1n) is 8.84. The number of amides is 2. The fourth-order valence-electron chi connectivity index (χ4n) is 2.56. The van der Waals surface area contributed by atoms with Gasteiger partial charge in [0.05, 0.1) is 23.3 Å². The maximum absolute atomic E-state index is 12.5. The van der Waals surface area contributed by atoms with Crippen LogP contribution < -0.4 is 16.3 Å². The molecule has 3 rings (SSSR count). The van der Waals surface area contributed by atoms with Gasteiger partial charge in [-0.15, -0.1) is 0 Å². The van der Waals surface area contributed by atoms with Crippen LogP contribution in [0, 0.1) is 11.3 Å². The van der Waals surface area contributed by atoms with E-state index in [2.05, 4.69) is 25.2 Å². The van der Waals surface area contributed by atoms with Gasteiger partial charge in [0.1, 0.15) is 11.8 Å². The Kier molecular flexibility index (Phi) is 6.14. The van der Waals surface area contributed by atoms with Gasteiger partial charge in [0, 0.05) is 5.56 Å². The maximum Gasteiger partial charge on any atom is 0.414 e. The lowest BCUT2D eigenvalue weighted by molar-refractivity contribution is -0.114. The Morgan fingerprint density at radius 3 is 2.70 bits per heavy atom. The monoisotopic (exact) mass is 404 g/mol. The Morgan fingerprint density at radius 2 is 1.93 bits per heavy atom. The zero-order chi connectivity index (χ0) is 21.5. The van der Waals surface area contributed by atoms with Crippen LogP contribution in [0.15, 0.2) is 58.4 Å². The first-order chi connectivity index (χ1) is 14.5. The van der Waals surface area contributed by atoms with Crippen molar-refractivity contribution in [1.82, 2.24) is 15.3 Å². The number of rotatable bonds is 5. The number of ether oxygens (including phenoxy) is 1. The van der Waals surface area contributed by atoms with Gasteiger partial charge in [-0.3, -0.25) is 20.3 Å². The van der Waals surface area contributed by atoms with Crippen LogP contribution in [0.25, 0.3) is 22.3 Å². The molecule has 0 radical (unpaired) electrons. The number of imide groups is 1. The van der Waals surface area contributed by atoms with Crippen molar-refractivity contribution in [2.45, 2.75) is 6.92 Å². The van der Waals surface area contributed by atoms with E-state index < -0.39 is 23.3 Å². The van der Waals surface area contributed by atoms with Gasteiger partial charge in [0.15, 0.2) is 0 Å². The largest absolute Gasteiger partial charge is 0.450 e. The Morgan fingerprint density at radius 1 is 1.20 bits per heavy atom. The summed E-state index contributed by atoms with van der Waals surface area (Å²) in [6, 6.07) is 15.3. The smallest absolute Gasteiger partial charge is 0.414 e. The van der Waals surface area contributed by atoms with Gasteiger partial charge < -0.3 is 9.72 Å². The minimum Gasteiger partial charge on any atom is -0.450 e. The standard InChI is InChI=1S/C20H16N6O4/c1-2-30-20(29)24-18(27)16(11-21)26-25-13-8-4-3-7-12(13)17-19(28)23-15-10-6-5-9-14(15)22-17/h3-10,25H,2H2,1H3,(H,23,28)(H,24,27,29)/b26-16+. The molecule has 150 valence electrons. The quantitative estimate of drug-likeness (QED) is 0.435. The van der Waals surface area contributed by atoms with Crippen LogP contribution in [-0.4, -0.2) is 34.3 Å². The summed E-state index contributed by atoms with van der Waals surface area (Å²) in [5, 5.41) is 14.8. The number of anilines is 1. The molecule has 3 aromatic rings. The average molecular weight is 404 g/mol. The highest BCUT2D eigenvalue weighted by atomic mass is 16.5. The molecule has 3 N–H and O–H groups in total. The molecule has 0 spiro atoms. The number of nitrogens with zero attached hydrogens (tertiary/aromatic N) is 3. The lowest BCUT2D eigenvalue weighted by atomic mass is 10.1. The number of nitriles is 1. The molecule has 0 saturated heterocycles. The third-order valence-corrected chi connectivity index (χ3v) is 3.88. The number of H-pyrrole nitrogens is 1. The third kappa shape index (κ3) is 4.48. The SMILES string of the molecule is CCOC(=O)NC(=O)/C(C#N)=N/Nc1ccccc1-c1nc2ccccc2[nH]c1=O. The molecule has 10 nitrogen and oxygen atoms in total. The van der Waals surface area contributed by atoms with E-state index in [1.54, 1.807) is 61.5 Å². The van der Waals surface area contributed by atoms with Crippen LogP contribution in [0.3, 0.4) is 0 Å². The van der Waals surface area contributed by atoms with E-state index in [-0.39, 0.29) is 12.3 Å². The summed E-state index contributed by atoms with van der Waals surface area (Å²) in [6.45, 7) is 1.64. The predicted octanol–water partition coefficient (Wildman–Crippen LogP) is 2.15. The van der Waals surface area contributed by atoms with Crippen LogP contribution in [0.4, 0.5) is 10.5 Å². The molecule has 30 heavy (non-hydrogen) atoms. The molecule has 0 atom stereocenters.